The summed E-state index contributed by atoms with van der Waals surface area (Å²) in [6, 6.07) is 5.43. The lowest BCUT2D eigenvalue weighted by Crippen LogP contribution is -2.38. The minimum absolute atomic E-state index is 0.0504. The first-order valence-electron chi connectivity index (χ1n) is 7.99. The molecule has 10 heteroatoms. The zero-order valence-electron chi connectivity index (χ0n) is 13.6. The quantitative estimate of drug-likeness (QED) is 0.703. The van der Waals surface area contributed by atoms with E-state index in [9.17, 15) is 27.5 Å². The van der Waals surface area contributed by atoms with E-state index in [0.29, 0.717) is 0 Å². The Bertz CT molecular complexity index is 871. The van der Waals surface area contributed by atoms with Crippen LogP contribution in [-0.4, -0.2) is 48.3 Å². The summed E-state index contributed by atoms with van der Waals surface area (Å²) in [5.74, 6) is -2.48. The summed E-state index contributed by atoms with van der Waals surface area (Å²) in [5, 5.41) is 10.3. The standard InChI is InChI=1S/C16H17FN2O5S2/c17-10-4-1-2-5-11(10)19-12-8-26(23,24)9-13(12)25-16(19)18-14(20)6-3-7-15(21)22/h1-2,4-5,12-13H,3,6-9H2,(H,21,22)/p-1/t12-,13+/m1/s1. The van der Waals surface area contributed by atoms with Crippen molar-refractivity contribution in [3.8, 4) is 0 Å². The van der Waals surface area contributed by atoms with E-state index in [1.54, 1.807) is 6.07 Å². The number of carboxylic acid groups (broad SMARTS) is 1. The summed E-state index contributed by atoms with van der Waals surface area (Å²) in [7, 11) is -3.23. The van der Waals surface area contributed by atoms with Crippen molar-refractivity contribution >= 4 is 44.3 Å². The molecule has 140 valence electrons. The van der Waals surface area contributed by atoms with Crippen molar-refractivity contribution in [3.05, 3.63) is 30.1 Å². The summed E-state index contributed by atoms with van der Waals surface area (Å²) < 4.78 is 38.2. The second-order valence-corrected chi connectivity index (χ2v) is 9.50. The van der Waals surface area contributed by atoms with Crippen LogP contribution in [0.4, 0.5) is 10.1 Å². The number of aliphatic carboxylic acids is 1. The Morgan fingerprint density at radius 3 is 2.69 bits per heavy atom. The Hall–Kier alpha value is -1.94. The second-order valence-electron chi connectivity index (χ2n) is 6.14. The fourth-order valence-electron chi connectivity index (χ4n) is 3.04. The molecule has 26 heavy (non-hydrogen) atoms. The number of carbonyl (C=O) groups excluding carboxylic acids is 2. The molecule has 0 unspecified atom stereocenters. The predicted octanol–water partition coefficient (Wildman–Crippen LogP) is 0.347. The predicted molar refractivity (Wildman–Crippen MR) is 94.0 cm³/mol. The van der Waals surface area contributed by atoms with Gasteiger partial charge >= 0.3 is 0 Å². The number of carbonyl (C=O) groups is 2. The molecule has 2 atom stereocenters. The molecule has 1 aromatic carbocycles. The van der Waals surface area contributed by atoms with Crippen molar-refractivity contribution in [3.63, 3.8) is 0 Å². The minimum atomic E-state index is -3.23. The molecule has 1 aromatic rings. The molecule has 0 N–H and O–H groups in total. The Morgan fingerprint density at radius 2 is 2.00 bits per heavy atom. The van der Waals surface area contributed by atoms with Crippen molar-refractivity contribution < 1.29 is 27.5 Å². The maximum absolute atomic E-state index is 14.3. The van der Waals surface area contributed by atoms with E-state index in [1.165, 1.54) is 23.1 Å². The topological polar surface area (TPSA) is 107 Å². The molecule has 2 heterocycles. The number of halogens is 1. The third kappa shape index (κ3) is 4.07. The van der Waals surface area contributed by atoms with Crippen LogP contribution in [0.25, 0.3) is 0 Å². The number of nitrogens with zero attached hydrogens (tertiary/aromatic N) is 2. The molecule has 2 saturated heterocycles. The van der Waals surface area contributed by atoms with Crippen LogP contribution in [0, 0.1) is 5.82 Å². The van der Waals surface area contributed by atoms with Crippen molar-refractivity contribution in [2.45, 2.75) is 30.6 Å². The summed E-state index contributed by atoms with van der Waals surface area (Å²) in [6.07, 6.45) is -0.218. The first-order valence-corrected chi connectivity index (χ1v) is 10.7. The smallest absolute Gasteiger partial charge is 0.248 e. The molecule has 7 nitrogen and oxygen atoms in total. The summed E-state index contributed by atoms with van der Waals surface area (Å²) in [6.45, 7) is 0. The Morgan fingerprint density at radius 1 is 1.27 bits per heavy atom. The van der Waals surface area contributed by atoms with Gasteiger partial charge < -0.3 is 14.8 Å². The largest absolute Gasteiger partial charge is 0.550 e. The number of aliphatic imine (C=N–C) groups is 1. The molecule has 3 rings (SSSR count). The van der Waals surface area contributed by atoms with Crippen LogP contribution in [0.3, 0.4) is 0 Å². The monoisotopic (exact) mass is 399 g/mol. The zero-order chi connectivity index (χ0) is 18.9. The van der Waals surface area contributed by atoms with Gasteiger partial charge in [0.15, 0.2) is 15.0 Å². The Kier molecular flexibility index (Phi) is 5.33. The number of amidine groups is 1. The number of carboxylic acids is 1. The van der Waals surface area contributed by atoms with E-state index in [1.807, 2.05) is 0 Å². The summed E-state index contributed by atoms with van der Waals surface area (Å²) in [4.78, 5) is 27.9. The molecule has 0 spiro atoms. The van der Waals surface area contributed by atoms with Gasteiger partial charge in [0, 0.05) is 17.6 Å². The van der Waals surface area contributed by atoms with E-state index in [-0.39, 0.29) is 46.9 Å². The first kappa shape index (κ1) is 18.8. The number of thioether (sulfide) groups is 1. The second kappa shape index (κ2) is 7.36. The SMILES string of the molecule is O=C([O-])CCCC(=O)N=C1S[C@H]2CS(=O)(=O)C[C@H]2N1c1ccccc1F. The van der Waals surface area contributed by atoms with Crippen LogP contribution in [0.2, 0.25) is 0 Å². The third-order valence-corrected chi connectivity index (χ3v) is 7.38. The average Bonchev–Trinajstić information content (AvgIpc) is 2.98. The molecule has 0 aromatic heterocycles. The van der Waals surface area contributed by atoms with Gasteiger partial charge in [0.05, 0.1) is 23.2 Å². The van der Waals surface area contributed by atoms with Gasteiger partial charge in [-0.3, -0.25) is 4.79 Å². The van der Waals surface area contributed by atoms with Crippen LogP contribution in [-0.2, 0) is 19.4 Å². The highest BCUT2D eigenvalue weighted by Crippen LogP contribution is 2.41. The maximum atomic E-state index is 14.3. The van der Waals surface area contributed by atoms with E-state index in [0.717, 1.165) is 11.8 Å². The molecular formula is C16H16FN2O5S2-. The molecule has 2 aliphatic rings. The average molecular weight is 399 g/mol. The van der Waals surface area contributed by atoms with Gasteiger partial charge in [-0.2, -0.15) is 4.99 Å². The zero-order valence-corrected chi connectivity index (χ0v) is 15.3. The minimum Gasteiger partial charge on any atom is -0.550 e. The van der Waals surface area contributed by atoms with Crippen LogP contribution in [0.5, 0.6) is 0 Å². The summed E-state index contributed by atoms with van der Waals surface area (Å²) in [5.41, 5.74) is 0.172. The van der Waals surface area contributed by atoms with E-state index in [2.05, 4.69) is 4.99 Å². The number of hydrogen-bond donors (Lipinski definition) is 0. The van der Waals surface area contributed by atoms with Gasteiger partial charge in [0.2, 0.25) is 5.91 Å². The van der Waals surface area contributed by atoms with E-state index in [4.69, 9.17) is 0 Å². The number of rotatable bonds is 5. The number of benzene rings is 1. The lowest BCUT2D eigenvalue weighted by Gasteiger charge is -2.24. The highest BCUT2D eigenvalue weighted by atomic mass is 32.2. The highest BCUT2D eigenvalue weighted by molar-refractivity contribution is 8.16. The molecular weight excluding hydrogens is 383 g/mol. The van der Waals surface area contributed by atoms with Crippen LogP contribution < -0.4 is 10.0 Å². The Balaban J connectivity index is 1.87. The van der Waals surface area contributed by atoms with Crippen molar-refractivity contribution in [1.82, 2.24) is 0 Å². The van der Waals surface area contributed by atoms with Crippen molar-refractivity contribution in [1.29, 1.82) is 0 Å². The first-order chi connectivity index (χ1) is 12.3. The third-order valence-electron chi connectivity index (χ3n) is 4.17. The van der Waals surface area contributed by atoms with E-state index >= 15 is 0 Å². The van der Waals surface area contributed by atoms with Gasteiger partial charge in [0.1, 0.15) is 5.82 Å². The molecule has 2 aliphatic heterocycles. The fraction of sp³-hybridized carbons (Fsp3) is 0.438. The fourth-order valence-corrected chi connectivity index (χ4v) is 6.96. The van der Waals surface area contributed by atoms with Gasteiger partial charge in [-0.25, -0.2) is 12.8 Å². The molecule has 0 radical (unpaired) electrons. The normalized spacial score (nSPS) is 25.4. The van der Waals surface area contributed by atoms with Gasteiger partial charge in [-0.1, -0.05) is 23.9 Å². The number of amides is 1. The molecule has 0 bridgehead atoms. The van der Waals surface area contributed by atoms with Gasteiger partial charge in [-0.05, 0) is 25.0 Å². The van der Waals surface area contributed by atoms with Crippen molar-refractivity contribution in [2.75, 3.05) is 16.4 Å². The number of para-hydroxylation sites is 1. The van der Waals surface area contributed by atoms with Crippen LogP contribution >= 0.6 is 11.8 Å². The van der Waals surface area contributed by atoms with Gasteiger partial charge in [0.25, 0.3) is 0 Å². The number of sulfone groups is 1. The van der Waals surface area contributed by atoms with Crippen molar-refractivity contribution in [2.24, 2.45) is 4.99 Å². The highest BCUT2D eigenvalue weighted by Gasteiger charge is 2.49. The van der Waals surface area contributed by atoms with Crippen LogP contribution in [0.15, 0.2) is 29.3 Å². The Labute approximate surface area is 154 Å². The number of fused-ring (bicyclic) bond motifs is 1. The number of anilines is 1. The van der Waals surface area contributed by atoms with Gasteiger partial charge in [-0.15, -0.1) is 0 Å². The molecule has 1 amide bonds. The maximum Gasteiger partial charge on any atom is 0.248 e. The van der Waals surface area contributed by atoms with E-state index < -0.39 is 33.6 Å². The molecule has 0 saturated carbocycles. The molecule has 0 aliphatic carbocycles. The van der Waals surface area contributed by atoms with Crippen LogP contribution in [0.1, 0.15) is 19.3 Å². The molecule has 2 fully saturated rings. The lowest BCUT2D eigenvalue weighted by molar-refractivity contribution is -0.305. The summed E-state index contributed by atoms with van der Waals surface area (Å²) >= 11 is 1.14. The number of hydrogen-bond acceptors (Lipinski definition) is 6. The lowest BCUT2D eigenvalue weighted by atomic mass is 10.2.